The molecular weight excluding hydrogens is 432 g/mol. The van der Waals surface area contributed by atoms with Crippen molar-refractivity contribution in [3.05, 3.63) is 59.7 Å². The standard InChI is InChI=1S/C27H32N2O5/c1-2-3-8-18(15-24(30)31)28-26(32)25(17-13-14-17)29-27(33)34-16-23-21-11-6-4-9-19(21)20-10-5-7-12-22(20)23/h4-7,9-12,17-18,23,25H,2-3,8,13-16H2,1H3,(H,28,32)(H,29,33)(H,30,31). The van der Waals surface area contributed by atoms with E-state index in [2.05, 4.69) is 34.9 Å². The molecule has 0 saturated heterocycles. The van der Waals surface area contributed by atoms with Gasteiger partial charge in [-0.1, -0.05) is 68.3 Å². The minimum absolute atomic E-state index is 0.0529. The van der Waals surface area contributed by atoms with Crippen molar-refractivity contribution in [2.45, 2.75) is 63.5 Å². The van der Waals surface area contributed by atoms with E-state index in [1.807, 2.05) is 31.2 Å². The highest BCUT2D eigenvalue weighted by molar-refractivity contribution is 5.87. The number of aliphatic carboxylic acids is 1. The van der Waals surface area contributed by atoms with Gasteiger partial charge in [-0.2, -0.15) is 0 Å². The molecule has 34 heavy (non-hydrogen) atoms. The lowest BCUT2D eigenvalue weighted by Crippen LogP contribution is -2.51. The highest BCUT2D eigenvalue weighted by Gasteiger charge is 2.39. The Hall–Kier alpha value is -3.35. The molecule has 1 fully saturated rings. The van der Waals surface area contributed by atoms with Crippen molar-refractivity contribution in [1.82, 2.24) is 10.6 Å². The number of benzene rings is 2. The Morgan fingerprint density at radius 2 is 1.62 bits per heavy atom. The molecule has 2 aliphatic rings. The van der Waals surface area contributed by atoms with Gasteiger partial charge in [-0.25, -0.2) is 4.79 Å². The lowest BCUT2D eigenvalue weighted by Gasteiger charge is -2.23. The van der Waals surface area contributed by atoms with Crippen LogP contribution in [0.3, 0.4) is 0 Å². The van der Waals surface area contributed by atoms with Crippen LogP contribution in [0.4, 0.5) is 4.79 Å². The summed E-state index contributed by atoms with van der Waals surface area (Å²) in [5, 5.41) is 14.8. The van der Waals surface area contributed by atoms with Crippen LogP contribution >= 0.6 is 0 Å². The van der Waals surface area contributed by atoms with Crippen LogP contribution in [0.5, 0.6) is 0 Å². The Morgan fingerprint density at radius 3 is 2.18 bits per heavy atom. The maximum absolute atomic E-state index is 12.9. The van der Waals surface area contributed by atoms with Gasteiger partial charge < -0.3 is 20.5 Å². The van der Waals surface area contributed by atoms with Crippen LogP contribution in [-0.2, 0) is 14.3 Å². The molecule has 0 aromatic heterocycles. The summed E-state index contributed by atoms with van der Waals surface area (Å²) in [7, 11) is 0. The minimum atomic E-state index is -0.950. The summed E-state index contributed by atoms with van der Waals surface area (Å²) in [4.78, 5) is 36.8. The number of nitrogens with one attached hydrogen (secondary N) is 2. The van der Waals surface area contributed by atoms with Crippen molar-refractivity contribution in [3.8, 4) is 11.1 Å². The number of carbonyl (C=O) groups excluding carboxylic acids is 2. The fourth-order valence-corrected chi connectivity index (χ4v) is 4.77. The van der Waals surface area contributed by atoms with Crippen molar-refractivity contribution < 1.29 is 24.2 Å². The number of hydrogen-bond donors (Lipinski definition) is 3. The van der Waals surface area contributed by atoms with E-state index in [-0.39, 0.29) is 30.8 Å². The number of unbranched alkanes of at least 4 members (excludes halogenated alkanes) is 1. The molecule has 2 aliphatic carbocycles. The van der Waals surface area contributed by atoms with Crippen LogP contribution in [-0.4, -0.2) is 41.8 Å². The monoisotopic (exact) mass is 464 g/mol. The van der Waals surface area contributed by atoms with Crippen molar-refractivity contribution in [1.29, 1.82) is 0 Å². The summed E-state index contributed by atoms with van der Waals surface area (Å²) in [5.41, 5.74) is 4.55. The van der Waals surface area contributed by atoms with E-state index in [0.29, 0.717) is 6.42 Å². The van der Waals surface area contributed by atoms with Crippen LogP contribution in [0.1, 0.15) is 62.5 Å². The number of alkyl carbamates (subject to hydrolysis) is 1. The summed E-state index contributed by atoms with van der Waals surface area (Å²) >= 11 is 0. The molecule has 2 amide bonds. The molecule has 7 nitrogen and oxygen atoms in total. The molecule has 2 aromatic carbocycles. The highest BCUT2D eigenvalue weighted by atomic mass is 16.5. The van der Waals surface area contributed by atoms with Crippen LogP contribution in [0.2, 0.25) is 0 Å². The number of hydrogen-bond acceptors (Lipinski definition) is 4. The number of amides is 2. The normalized spacial score (nSPS) is 16.1. The Labute approximate surface area is 199 Å². The fourth-order valence-electron chi connectivity index (χ4n) is 4.77. The van der Waals surface area contributed by atoms with Crippen LogP contribution in [0.15, 0.2) is 48.5 Å². The third-order valence-corrected chi connectivity index (χ3v) is 6.67. The molecule has 0 aliphatic heterocycles. The third kappa shape index (κ3) is 5.58. The molecule has 0 bridgehead atoms. The summed E-state index contributed by atoms with van der Waals surface area (Å²) in [6, 6.07) is 15.1. The number of carboxylic acids is 1. The van der Waals surface area contributed by atoms with Crippen LogP contribution in [0, 0.1) is 5.92 Å². The molecule has 0 heterocycles. The Bertz CT molecular complexity index is 1000. The van der Waals surface area contributed by atoms with Gasteiger partial charge in [-0.05, 0) is 47.4 Å². The molecule has 0 spiro atoms. The second-order valence-electron chi connectivity index (χ2n) is 9.23. The average molecular weight is 465 g/mol. The molecule has 2 atom stereocenters. The van der Waals surface area contributed by atoms with Gasteiger partial charge in [0.05, 0.1) is 6.42 Å². The first kappa shape index (κ1) is 23.8. The second-order valence-corrected chi connectivity index (χ2v) is 9.23. The van der Waals surface area contributed by atoms with Gasteiger partial charge in [0, 0.05) is 12.0 Å². The van der Waals surface area contributed by atoms with E-state index in [1.165, 1.54) is 0 Å². The Balaban J connectivity index is 1.37. The first-order valence-corrected chi connectivity index (χ1v) is 12.1. The fraction of sp³-hybridized carbons (Fsp3) is 0.444. The predicted octanol–water partition coefficient (Wildman–Crippen LogP) is 4.45. The van der Waals surface area contributed by atoms with Crippen molar-refractivity contribution in [2.24, 2.45) is 5.92 Å². The van der Waals surface area contributed by atoms with Gasteiger partial charge >= 0.3 is 12.1 Å². The maximum atomic E-state index is 12.9. The molecule has 2 aromatic rings. The topological polar surface area (TPSA) is 105 Å². The third-order valence-electron chi connectivity index (χ3n) is 6.67. The first-order chi connectivity index (χ1) is 16.5. The highest BCUT2D eigenvalue weighted by Crippen LogP contribution is 2.44. The SMILES string of the molecule is CCCCC(CC(=O)O)NC(=O)C(NC(=O)OCC1c2ccccc2-c2ccccc21)C1CC1. The predicted molar refractivity (Wildman–Crippen MR) is 128 cm³/mol. The van der Waals surface area contributed by atoms with Gasteiger partial charge in [-0.15, -0.1) is 0 Å². The van der Waals surface area contributed by atoms with E-state index < -0.39 is 24.1 Å². The second kappa shape index (κ2) is 10.7. The molecule has 4 rings (SSSR count). The molecule has 2 unspecified atom stereocenters. The molecule has 7 heteroatoms. The van der Waals surface area contributed by atoms with Gasteiger partial charge in [0.15, 0.2) is 0 Å². The number of rotatable bonds is 11. The minimum Gasteiger partial charge on any atom is -0.481 e. The van der Waals surface area contributed by atoms with E-state index in [4.69, 9.17) is 4.74 Å². The lowest BCUT2D eigenvalue weighted by atomic mass is 9.98. The smallest absolute Gasteiger partial charge is 0.407 e. The maximum Gasteiger partial charge on any atom is 0.407 e. The first-order valence-electron chi connectivity index (χ1n) is 12.1. The summed E-state index contributed by atoms with van der Waals surface area (Å²) in [6.45, 7) is 2.20. The van der Waals surface area contributed by atoms with Crippen molar-refractivity contribution in [2.75, 3.05) is 6.61 Å². The number of fused-ring (bicyclic) bond motifs is 3. The Morgan fingerprint density at radius 1 is 1.00 bits per heavy atom. The van der Waals surface area contributed by atoms with E-state index in [0.717, 1.165) is 47.9 Å². The summed E-state index contributed by atoms with van der Waals surface area (Å²) < 4.78 is 5.61. The molecule has 1 saturated carbocycles. The number of carbonyl (C=O) groups is 3. The zero-order valence-corrected chi connectivity index (χ0v) is 19.5. The molecule has 180 valence electrons. The van der Waals surface area contributed by atoms with Crippen molar-refractivity contribution in [3.63, 3.8) is 0 Å². The van der Waals surface area contributed by atoms with Gasteiger partial charge in [0.1, 0.15) is 12.6 Å². The molecule has 3 N–H and O–H groups in total. The summed E-state index contributed by atoms with van der Waals surface area (Å²) in [5.74, 6) is -1.29. The zero-order chi connectivity index (χ0) is 24.1. The number of carboxylic acid groups (broad SMARTS) is 1. The van der Waals surface area contributed by atoms with Crippen LogP contribution < -0.4 is 10.6 Å². The lowest BCUT2D eigenvalue weighted by molar-refractivity contribution is -0.137. The van der Waals surface area contributed by atoms with E-state index in [9.17, 15) is 19.5 Å². The van der Waals surface area contributed by atoms with E-state index >= 15 is 0 Å². The van der Waals surface area contributed by atoms with Crippen LogP contribution in [0.25, 0.3) is 11.1 Å². The number of ether oxygens (including phenoxy) is 1. The zero-order valence-electron chi connectivity index (χ0n) is 19.5. The van der Waals surface area contributed by atoms with Gasteiger partial charge in [0.2, 0.25) is 5.91 Å². The van der Waals surface area contributed by atoms with Crippen molar-refractivity contribution >= 4 is 18.0 Å². The largest absolute Gasteiger partial charge is 0.481 e. The quantitative estimate of drug-likeness (QED) is 0.456. The van der Waals surface area contributed by atoms with Gasteiger partial charge in [0.25, 0.3) is 0 Å². The molecular formula is C27H32N2O5. The van der Waals surface area contributed by atoms with Gasteiger partial charge in [-0.3, -0.25) is 9.59 Å². The average Bonchev–Trinajstić information content (AvgIpc) is 3.61. The molecule has 0 radical (unpaired) electrons. The summed E-state index contributed by atoms with van der Waals surface area (Å²) in [6.07, 6.45) is 3.27. The van der Waals surface area contributed by atoms with E-state index in [1.54, 1.807) is 0 Å². The Kier molecular flexibility index (Phi) is 7.50.